The molecule has 0 radical (unpaired) electrons. The lowest BCUT2D eigenvalue weighted by Gasteiger charge is -2.01. The summed E-state index contributed by atoms with van der Waals surface area (Å²) in [6.45, 7) is 2.93. The van der Waals surface area contributed by atoms with Crippen molar-refractivity contribution in [3.05, 3.63) is 58.3 Å². The second kappa shape index (κ2) is 6.88. The molecular weight excluding hydrogens is 308 g/mol. The van der Waals surface area contributed by atoms with Crippen LogP contribution < -0.4 is 5.32 Å². The molecule has 0 saturated heterocycles. The van der Waals surface area contributed by atoms with Gasteiger partial charge >= 0.3 is 0 Å². The molecule has 104 valence electrons. The maximum absolute atomic E-state index is 4.63. The number of nitrogens with zero attached hydrogens (tertiary/aromatic N) is 1. The molecule has 0 spiro atoms. The first-order chi connectivity index (χ1) is 9.31. The molecule has 0 saturated carbocycles. The Labute approximate surface area is 132 Å². The molecule has 3 rings (SSSR count). The number of thiophene rings is 1. The Bertz CT molecular complexity index is 661. The molecule has 0 amide bonds. The fourth-order valence-corrected chi connectivity index (χ4v) is 3.45. The second-order valence-corrected chi connectivity index (χ2v) is 6.13. The van der Waals surface area contributed by atoms with Crippen LogP contribution in [0.4, 0.5) is 5.13 Å². The van der Waals surface area contributed by atoms with Crippen LogP contribution in [0.25, 0.3) is 10.6 Å². The molecule has 2 heterocycles. The zero-order valence-corrected chi connectivity index (χ0v) is 13.4. The zero-order valence-electron chi connectivity index (χ0n) is 11.0. The van der Waals surface area contributed by atoms with E-state index >= 15 is 0 Å². The van der Waals surface area contributed by atoms with Crippen LogP contribution in [-0.2, 0) is 6.54 Å². The number of anilines is 1. The lowest BCUT2D eigenvalue weighted by atomic mass is 10.2. The summed E-state index contributed by atoms with van der Waals surface area (Å²) in [6.07, 6.45) is 0. The summed E-state index contributed by atoms with van der Waals surface area (Å²) in [5, 5.41) is 8.61. The number of hydrogen-bond donors (Lipinski definition) is 1. The van der Waals surface area contributed by atoms with Crippen LogP contribution in [-0.4, -0.2) is 4.98 Å². The van der Waals surface area contributed by atoms with Gasteiger partial charge in [0, 0.05) is 11.9 Å². The predicted octanol–water partition coefficient (Wildman–Crippen LogP) is 5.21. The van der Waals surface area contributed by atoms with E-state index in [1.807, 2.05) is 6.07 Å². The molecule has 0 aliphatic rings. The fraction of sp³-hybridized carbons (Fsp3) is 0.133. The van der Waals surface area contributed by atoms with Gasteiger partial charge in [-0.15, -0.1) is 35.1 Å². The summed E-state index contributed by atoms with van der Waals surface area (Å²) in [6, 6.07) is 12.6. The van der Waals surface area contributed by atoms with Crippen molar-refractivity contribution in [2.24, 2.45) is 0 Å². The normalized spacial score (nSPS) is 10.1. The van der Waals surface area contributed by atoms with Crippen molar-refractivity contribution < 1.29 is 0 Å². The smallest absolute Gasteiger partial charge is 0.183 e. The van der Waals surface area contributed by atoms with Gasteiger partial charge in [0.25, 0.3) is 0 Å². The van der Waals surface area contributed by atoms with E-state index in [4.69, 9.17) is 0 Å². The third-order valence-corrected chi connectivity index (χ3v) is 4.64. The van der Waals surface area contributed by atoms with E-state index in [2.05, 4.69) is 58.3 Å². The molecule has 20 heavy (non-hydrogen) atoms. The van der Waals surface area contributed by atoms with Crippen LogP contribution in [0.2, 0.25) is 0 Å². The van der Waals surface area contributed by atoms with Gasteiger partial charge < -0.3 is 5.32 Å². The summed E-state index contributed by atoms with van der Waals surface area (Å²) in [4.78, 5) is 5.86. The van der Waals surface area contributed by atoms with Crippen molar-refractivity contribution in [2.45, 2.75) is 13.5 Å². The van der Waals surface area contributed by atoms with Gasteiger partial charge in [0.15, 0.2) is 5.13 Å². The molecule has 0 aliphatic heterocycles. The first-order valence-electron chi connectivity index (χ1n) is 6.10. The first-order valence-corrected chi connectivity index (χ1v) is 7.86. The minimum absolute atomic E-state index is 0. The maximum atomic E-state index is 4.63. The molecule has 0 unspecified atom stereocenters. The van der Waals surface area contributed by atoms with Gasteiger partial charge in [-0.3, -0.25) is 0 Å². The number of aryl methyl sites for hydroxylation is 1. The monoisotopic (exact) mass is 322 g/mol. The Morgan fingerprint density at radius 3 is 2.60 bits per heavy atom. The molecular formula is C15H15ClN2S2. The SMILES string of the molecule is Cc1csc(-c2csc(NCc3ccccc3)n2)c1.Cl. The van der Waals surface area contributed by atoms with Crippen LogP contribution in [0.1, 0.15) is 11.1 Å². The van der Waals surface area contributed by atoms with Crippen molar-refractivity contribution in [3.63, 3.8) is 0 Å². The highest BCUT2D eigenvalue weighted by atomic mass is 35.5. The molecule has 2 nitrogen and oxygen atoms in total. The quantitative estimate of drug-likeness (QED) is 0.712. The van der Waals surface area contributed by atoms with Crippen molar-refractivity contribution in [1.29, 1.82) is 0 Å². The summed E-state index contributed by atoms with van der Waals surface area (Å²) >= 11 is 3.40. The Morgan fingerprint density at radius 2 is 1.90 bits per heavy atom. The van der Waals surface area contributed by atoms with Crippen LogP contribution >= 0.6 is 35.1 Å². The van der Waals surface area contributed by atoms with E-state index in [1.165, 1.54) is 16.0 Å². The van der Waals surface area contributed by atoms with E-state index in [-0.39, 0.29) is 12.4 Å². The Balaban J connectivity index is 0.00000147. The Morgan fingerprint density at radius 1 is 1.10 bits per heavy atom. The lowest BCUT2D eigenvalue weighted by Crippen LogP contribution is -1.98. The maximum Gasteiger partial charge on any atom is 0.183 e. The molecule has 0 atom stereocenters. The van der Waals surface area contributed by atoms with Crippen molar-refractivity contribution in [1.82, 2.24) is 4.98 Å². The third kappa shape index (κ3) is 3.60. The highest BCUT2D eigenvalue weighted by Crippen LogP contribution is 2.29. The van der Waals surface area contributed by atoms with Crippen molar-refractivity contribution in [3.8, 4) is 10.6 Å². The summed E-state index contributed by atoms with van der Waals surface area (Å²) < 4.78 is 0. The van der Waals surface area contributed by atoms with Gasteiger partial charge in [-0.1, -0.05) is 30.3 Å². The topological polar surface area (TPSA) is 24.9 Å². The number of hydrogen-bond acceptors (Lipinski definition) is 4. The van der Waals surface area contributed by atoms with E-state index in [0.29, 0.717) is 0 Å². The van der Waals surface area contributed by atoms with Crippen LogP contribution in [0.5, 0.6) is 0 Å². The molecule has 2 aromatic heterocycles. The highest BCUT2D eigenvalue weighted by molar-refractivity contribution is 7.16. The molecule has 1 N–H and O–H groups in total. The molecule has 0 aliphatic carbocycles. The van der Waals surface area contributed by atoms with E-state index in [1.54, 1.807) is 22.7 Å². The summed E-state index contributed by atoms with van der Waals surface area (Å²) in [5.74, 6) is 0. The predicted molar refractivity (Wildman–Crippen MR) is 91.2 cm³/mol. The van der Waals surface area contributed by atoms with E-state index in [9.17, 15) is 0 Å². The van der Waals surface area contributed by atoms with E-state index < -0.39 is 0 Å². The summed E-state index contributed by atoms with van der Waals surface area (Å²) in [5.41, 5.74) is 3.64. The molecule has 0 bridgehead atoms. The van der Waals surface area contributed by atoms with Gasteiger partial charge in [-0.2, -0.15) is 0 Å². The fourth-order valence-electron chi connectivity index (χ4n) is 1.81. The third-order valence-electron chi connectivity index (χ3n) is 2.77. The van der Waals surface area contributed by atoms with Crippen LogP contribution in [0.15, 0.2) is 47.2 Å². The second-order valence-electron chi connectivity index (χ2n) is 4.37. The number of aromatic nitrogens is 1. The summed E-state index contributed by atoms with van der Waals surface area (Å²) in [7, 11) is 0. The Hall–Kier alpha value is -1.36. The van der Waals surface area contributed by atoms with Gasteiger partial charge in [-0.05, 0) is 29.5 Å². The van der Waals surface area contributed by atoms with Crippen molar-refractivity contribution in [2.75, 3.05) is 5.32 Å². The minimum Gasteiger partial charge on any atom is -0.357 e. The average Bonchev–Trinajstić information content (AvgIpc) is 3.06. The standard InChI is InChI=1S/C15H14N2S2.ClH/c1-11-7-14(18-9-11)13-10-19-15(17-13)16-8-12-5-3-2-4-6-12;/h2-7,9-10H,8H2,1H3,(H,16,17);1H. The molecule has 0 fully saturated rings. The number of halogens is 1. The van der Waals surface area contributed by atoms with Crippen LogP contribution in [0, 0.1) is 6.92 Å². The largest absolute Gasteiger partial charge is 0.357 e. The zero-order chi connectivity index (χ0) is 13.1. The van der Waals surface area contributed by atoms with Gasteiger partial charge in [-0.25, -0.2) is 4.98 Å². The number of thiazole rings is 1. The average molecular weight is 323 g/mol. The Kier molecular flexibility index (Phi) is 5.17. The van der Waals surface area contributed by atoms with Gasteiger partial charge in [0.2, 0.25) is 0 Å². The highest BCUT2D eigenvalue weighted by Gasteiger charge is 2.06. The number of rotatable bonds is 4. The molecule has 3 aromatic rings. The van der Waals surface area contributed by atoms with Crippen LogP contribution in [0.3, 0.4) is 0 Å². The van der Waals surface area contributed by atoms with Crippen molar-refractivity contribution >= 4 is 40.2 Å². The van der Waals surface area contributed by atoms with E-state index in [0.717, 1.165) is 17.4 Å². The van der Waals surface area contributed by atoms with Gasteiger partial charge in [0.1, 0.15) is 0 Å². The minimum atomic E-state index is 0. The first kappa shape index (κ1) is 15.0. The van der Waals surface area contributed by atoms with Gasteiger partial charge in [0.05, 0.1) is 10.6 Å². The number of nitrogens with one attached hydrogen (secondary N) is 1. The number of benzene rings is 1. The lowest BCUT2D eigenvalue weighted by molar-refractivity contribution is 1.14. The molecule has 5 heteroatoms. The molecule has 1 aromatic carbocycles.